The molecule has 0 aliphatic heterocycles. The van der Waals surface area contributed by atoms with Crippen molar-refractivity contribution < 1.29 is 14.7 Å². The van der Waals surface area contributed by atoms with Gasteiger partial charge >= 0.3 is 5.97 Å². The van der Waals surface area contributed by atoms with Gasteiger partial charge < -0.3 is 10.0 Å². The molecule has 0 spiro atoms. The number of fused-ring (bicyclic) bond motifs is 1. The van der Waals surface area contributed by atoms with E-state index >= 15 is 0 Å². The number of hydrogen-bond donors (Lipinski definition) is 1. The third-order valence-electron chi connectivity index (χ3n) is 3.78. The molecular weight excluding hydrogens is 266 g/mol. The van der Waals surface area contributed by atoms with Crippen LogP contribution in [0.2, 0.25) is 0 Å². The second-order valence-electron chi connectivity index (χ2n) is 5.11. The molecule has 0 heterocycles. The molecule has 1 aliphatic carbocycles. The van der Waals surface area contributed by atoms with Crippen LogP contribution in [0.1, 0.15) is 17.0 Å². The molecule has 1 amide bonds. The van der Waals surface area contributed by atoms with Crippen LogP contribution >= 0.6 is 0 Å². The molecule has 21 heavy (non-hydrogen) atoms. The molecule has 0 bridgehead atoms. The van der Waals surface area contributed by atoms with E-state index in [0.717, 1.165) is 5.56 Å². The first-order valence-corrected chi connectivity index (χ1v) is 6.83. The number of para-hydroxylation sites is 1. The summed E-state index contributed by atoms with van der Waals surface area (Å²) in [4.78, 5) is 25.1. The summed E-state index contributed by atoms with van der Waals surface area (Å²) in [6.45, 7) is -0.318. The van der Waals surface area contributed by atoms with Gasteiger partial charge in [-0.15, -0.1) is 0 Å². The van der Waals surface area contributed by atoms with Gasteiger partial charge in [-0.1, -0.05) is 42.5 Å². The zero-order chi connectivity index (χ0) is 14.8. The number of benzene rings is 2. The Morgan fingerprint density at radius 3 is 2.38 bits per heavy atom. The summed E-state index contributed by atoms with van der Waals surface area (Å²) in [7, 11) is 0. The Balaban J connectivity index is 1.88. The van der Waals surface area contributed by atoms with Gasteiger partial charge in [-0.25, -0.2) is 0 Å². The van der Waals surface area contributed by atoms with E-state index in [0.29, 0.717) is 12.1 Å². The normalized spacial score (nSPS) is 15.7. The zero-order valence-electron chi connectivity index (χ0n) is 11.4. The fourth-order valence-corrected chi connectivity index (χ4v) is 2.71. The highest BCUT2D eigenvalue weighted by Gasteiger charge is 2.35. The molecule has 3 rings (SSSR count). The lowest BCUT2D eigenvalue weighted by Gasteiger charge is -2.33. The average molecular weight is 281 g/mol. The van der Waals surface area contributed by atoms with Crippen molar-refractivity contribution in [1.29, 1.82) is 0 Å². The highest BCUT2D eigenvalue weighted by atomic mass is 16.4. The maximum atomic E-state index is 12.7. The van der Waals surface area contributed by atoms with Gasteiger partial charge in [0.05, 0.1) is 5.92 Å². The Morgan fingerprint density at radius 2 is 1.71 bits per heavy atom. The minimum absolute atomic E-state index is 0.151. The number of carboxylic acid groups (broad SMARTS) is 1. The summed E-state index contributed by atoms with van der Waals surface area (Å²) in [6, 6.07) is 16.7. The molecule has 106 valence electrons. The van der Waals surface area contributed by atoms with Crippen molar-refractivity contribution in [3.63, 3.8) is 0 Å². The predicted octanol–water partition coefficient (Wildman–Crippen LogP) is 2.44. The SMILES string of the molecule is O=C(O)CN(C(=O)C1Cc2ccccc21)c1ccccc1. The first-order valence-electron chi connectivity index (χ1n) is 6.83. The zero-order valence-corrected chi connectivity index (χ0v) is 11.4. The Labute approximate surface area is 122 Å². The number of anilines is 1. The molecule has 1 atom stereocenters. The van der Waals surface area contributed by atoms with Crippen LogP contribution in [0.5, 0.6) is 0 Å². The topological polar surface area (TPSA) is 57.6 Å². The molecule has 2 aromatic rings. The van der Waals surface area contributed by atoms with Crippen LogP contribution in [0.15, 0.2) is 54.6 Å². The number of carboxylic acids is 1. The van der Waals surface area contributed by atoms with E-state index in [4.69, 9.17) is 5.11 Å². The highest BCUT2D eigenvalue weighted by Crippen LogP contribution is 2.37. The van der Waals surface area contributed by atoms with E-state index in [2.05, 4.69) is 0 Å². The molecule has 4 heteroatoms. The molecule has 1 N–H and O–H groups in total. The maximum Gasteiger partial charge on any atom is 0.323 e. The fourth-order valence-electron chi connectivity index (χ4n) is 2.71. The Bertz CT molecular complexity index is 681. The van der Waals surface area contributed by atoms with Crippen molar-refractivity contribution in [1.82, 2.24) is 0 Å². The van der Waals surface area contributed by atoms with Crippen molar-refractivity contribution in [2.45, 2.75) is 12.3 Å². The van der Waals surface area contributed by atoms with Crippen molar-refractivity contribution in [2.24, 2.45) is 0 Å². The van der Waals surface area contributed by atoms with Crippen LogP contribution in [-0.4, -0.2) is 23.5 Å². The van der Waals surface area contributed by atoms with Crippen molar-refractivity contribution in [3.05, 3.63) is 65.7 Å². The monoisotopic (exact) mass is 281 g/mol. The lowest BCUT2D eigenvalue weighted by atomic mass is 9.77. The standard InChI is InChI=1S/C17H15NO3/c19-16(20)11-18(13-7-2-1-3-8-13)17(21)15-10-12-6-4-5-9-14(12)15/h1-9,15H,10-11H2,(H,19,20). The molecule has 0 fully saturated rings. The van der Waals surface area contributed by atoms with Crippen molar-refractivity contribution in [2.75, 3.05) is 11.4 Å². The van der Waals surface area contributed by atoms with E-state index in [-0.39, 0.29) is 18.4 Å². The van der Waals surface area contributed by atoms with E-state index in [9.17, 15) is 9.59 Å². The molecule has 0 aromatic heterocycles. The predicted molar refractivity (Wildman–Crippen MR) is 79.3 cm³/mol. The molecule has 0 saturated heterocycles. The van der Waals surface area contributed by atoms with Gasteiger partial charge in [0.2, 0.25) is 5.91 Å². The molecule has 0 saturated carbocycles. The highest BCUT2D eigenvalue weighted by molar-refractivity contribution is 6.02. The van der Waals surface area contributed by atoms with E-state index in [1.807, 2.05) is 30.3 Å². The summed E-state index contributed by atoms with van der Waals surface area (Å²) >= 11 is 0. The average Bonchev–Trinajstić information content (AvgIpc) is 2.46. The minimum atomic E-state index is -1.01. The van der Waals surface area contributed by atoms with Gasteiger partial charge in [-0.3, -0.25) is 9.59 Å². The first-order chi connectivity index (χ1) is 10.2. The number of nitrogens with zero attached hydrogens (tertiary/aromatic N) is 1. The van der Waals surface area contributed by atoms with E-state index < -0.39 is 5.97 Å². The Morgan fingerprint density at radius 1 is 1.05 bits per heavy atom. The number of rotatable bonds is 4. The molecule has 2 aromatic carbocycles. The van der Waals surface area contributed by atoms with Gasteiger partial charge in [0, 0.05) is 5.69 Å². The number of hydrogen-bond acceptors (Lipinski definition) is 2. The summed E-state index contributed by atoms with van der Waals surface area (Å²) in [5, 5.41) is 9.07. The molecule has 4 nitrogen and oxygen atoms in total. The van der Waals surface area contributed by atoms with Gasteiger partial charge in [0.1, 0.15) is 6.54 Å². The van der Waals surface area contributed by atoms with Gasteiger partial charge in [-0.05, 0) is 29.7 Å². The third kappa shape index (κ3) is 2.52. The number of carbonyl (C=O) groups excluding carboxylic acids is 1. The van der Waals surface area contributed by atoms with Crippen LogP contribution in [-0.2, 0) is 16.0 Å². The van der Waals surface area contributed by atoms with Crippen LogP contribution in [0, 0.1) is 0 Å². The summed E-state index contributed by atoms with van der Waals surface area (Å²) < 4.78 is 0. The lowest BCUT2D eigenvalue weighted by Crippen LogP contribution is -2.42. The van der Waals surface area contributed by atoms with Crippen LogP contribution in [0.25, 0.3) is 0 Å². The van der Waals surface area contributed by atoms with Gasteiger partial charge in [0.25, 0.3) is 0 Å². The number of aliphatic carboxylic acids is 1. The quantitative estimate of drug-likeness (QED) is 0.936. The van der Waals surface area contributed by atoms with Crippen molar-refractivity contribution in [3.8, 4) is 0 Å². The summed E-state index contributed by atoms with van der Waals surface area (Å²) in [5.74, 6) is -1.40. The van der Waals surface area contributed by atoms with Crippen LogP contribution in [0.3, 0.4) is 0 Å². The minimum Gasteiger partial charge on any atom is -0.480 e. The smallest absolute Gasteiger partial charge is 0.323 e. The lowest BCUT2D eigenvalue weighted by molar-refractivity contribution is -0.136. The summed E-state index contributed by atoms with van der Waals surface area (Å²) in [5.41, 5.74) is 2.79. The molecule has 1 aliphatic rings. The Kier molecular flexibility index (Phi) is 3.44. The first kappa shape index (κ1) is 13.4. The van der Waals surface area contributed by atoms with Crippen LogP contribution in [0.4, 0.5) is 5.69 Å². The molecular formula is C17H15NO3. The maximum absolute atomic E-state index is 12.7. The van der Waals surface area contributed by atoms with E-state index in [1.165, 1.54) is 10.5 Å². The van der Waals surface area contributed by atoms with Crippen molar-refractivity contribution >= 4 is 17.6 Å². The largest absolute Gasteiger partial charge is 0.480 e. The van der Waals surface area contributed by atoms with Gasteiger partial charge in [0.15, 0.2) is 0 Å². The second kappa shape index (κ2) is 5.40. The van der Waals surface area contributed by atoms with Crippen LogP contribution < -0.4 is 4.90 Å². The Hall–Kier alpha value is -2.62. The molecule has 1 unspecified atom stereocenters. The van der Waals surface area contributed by atoms with Gasteiger partial charge in [-0.2, -0.15) is 0 Å². The second-order valence-corrected chi connectivity index (χ2v) is 5.11. The number of carbonyl (C=O) groups is 2. The van der Waals surface area contributed by atoms with E-state index in [1.54, 1.807) is 24.3 Å². The summed E-state index contributed by atoms with van der Waals surface area (Å²) in [6.07, 6.45) is 0.679. The third-order valence-corrected chi connectivity index (χ3v) is 3.78. The fraction of sp³-hybridized carbons (Fsp3) is 0.176. The molecule has 0 radical (unpaired) electrons. The number of amides is 1.